The molecule has 0 N–H and O–H groups in total. The fourth-order valence-corrected chi connectivity index (χ4v) is 4.94. The van der Waals surface area contributed by atoms with Gasteiger partial charge in [-0.05, 0) is 0 Å². The molecule has 0 aromatic carbocycles. The molecule has 0 amide bonds. The van der Waals surface area contributed by atoms with Gasteiger partial charge >= 0.3 is 96.4 Å². The van der Waals surface area contributed by atoms with E-state index in [4.69, 9.17) is 4.74 Å². The number of rotatable bonds is 3. The van der Waals surface area contributed by atoms with Crippen LogP contribution in [0.1, 0.15) is 12.8 Å². The van der Waals surface area contributed by atoms with E-state index in [-0.39, 0.29) is 12.0 Å². The van der Waals surface area contributed by atoms with Crippen molar-refractivity contribution in [2.45, 2.75) is 18.9 Å². The maximum absolute atomic E-state index is 11.6. The third-order valence-electron chi connectivity index (χ3n) is 2.89. The first-order valence-corrected chi connectivity index (χ1v) is 10.1. The molecule has 0 saturated heterocycles. The number of hydrogen-bond acceptors (Lipinski definition) is 3. The summed E-state index contributed by atoms with van der Waals surface area (Å²) >= 11 is -1.10. The molecule has 0 bridgehead atoms. The van der Waals surface area contributed by atoms with Crippen LogP contribution in [0.25, 0.3) is 0 Å². The summed E-state index contributed by atoms with van der Waals surface area (Å²) in [4.78, 5) is 11.6. The Morgan fingerprint density at radius 2 is 2.43 bits per heavy atom. The van der Waals surface area contributed by atoms with Crippen LogP contribution in [0, 0.1) is 5.92 Å². The average molecular weight is 385 g/mol. The zero-order chi connectivity index (χ0) is 10.1. The van der Waals surface area contributed by atoms with Crippen molar-refractivity contribution in [3.63, 3.8) is 0 Å². The molecule has 0 aromatic heterocycles. The predicted molar refractivity (Wildman–Crippen MR) is 56.2 cm³/mol. The molecule has 1 aliphatic heterocycles. The summed E-state index contributed by atoms with van der Waals surface area (Å²) in [5.41, 5.74) is 1.32. The summed E-state index contributed by atoms with van der Waals surface area (Å²) in [6.45, 7) is 0.935. The molecule has 0 radical (unpaired) electrons. The number of esters is 1. The van der Waals surface area contributed by atoms with Gasteiger partial charge in [-0.3, -0.25) is 0 Å². The Morgan fingerprint density at radius 1 is 1.71 bits per heavy atom. The number of ether oxygens (including phenoxy) is 1. The number of hydrogen-bond donors (Lipinski definition) is 0. The third kappa shape index (κ3) is 1.84. The second-order valence-electron chi connectivity index (χ2n) is 3.78. The molecule has 2 rings (SSSR count). The second kappa shape index (κ2) is 4.22. The Hall–Kier alpha value is -0.0379. The predicted octanol–water partition coefficient (Wildman–Crippen LogP) is 0.231. The summed E-state index contributed by atoms with van der Waals surface area (Å²) in [7, 11) is 1.47. The van der Waals surface area contributed by atoms with E-state index in [2.05, 4.69) is 12.8 Å². The van der Waals surface area contributed by atoms with Crippen molar-refractivity contribution in [1.82, 2.24) is 2.71 Å². The van der Waals surface area contributed by atoms with Gasteiger partial charge in [0.05, 0.1) is 0 Å². The summed E-state index contributed by atoms with van der Waals surface area (Å²) < 4.78 is 11.2. The molecule has 1 atom stereocenters. The van der Waals surface area contributed by atoms with E-state index in [0.717, 1.165) is 6.54 Å². The van der Waals surface area contributed by atoms with E-state index in [1.54, 1.807) is 0 Å². The van der Waals surface area contributed by atoms with Gasteiger partial charge in [0.1, 0.15) is 0 Å². The Labute approximate surface area is 96.2 Å². The standard InChI is InChI=1S/C9H12NO2.CH2.Tl/c1-12-9(11)8-7(4-5-10-8)6-2-3-6;;/h4,6,8H,2-3,5H2,1H3;1H2;/q-1;;+1/t8-;;/m0../s1. The van der Waals surface area contributed by atoms with E-state index in [9.17, 15) is 4.79 Å². The maximum atomic E-state index is 11.6. The van der Waals surface area contributed by atoms with Crippen molar-refractivity contribution in [3.05, 3.63) is 11.6 Å². The molecule has 0 unspecified atom stereocenters. The molecular formula is C10H14NO2Tl. The van der Waals surface area contributed by atoms with Gasteiger partial charge in [-0.1, -0.05) is 0 Å². The molecular weight excluding hydrogens is 370 g/mol. The topological polar surface area (TPSA) is 29.5 Å². The van der Waals surface area contributed by atoms with Crippen molar-refractivity contribution in [2.75, 3.05) is 13.7 Å². The van der Waals surface area contributed by atoms with E-state index < -0.39 is 24.0 Å². The summed E-state index contributed by atoms with van der Waals surface area (Å²) in [6.07, 6.45) is 4.72. The second-order valence-corrected chi connectivity index (χ2v) is 7.78. The van der Waals surface area contributed by atoms with Gasteiger partial charge < -0.3 is 0 Å². The molecule has 1 saturated carbocycles. The van der Waals surface area contributed by atoms with Crippen molar-refractivity contribution in [3.8, 4) is 0 Å². The summed E-state index contributed by atoms with van der Waals surface area (Å²) in [6, 6.07) is -0.0556. The van der Waals surface area contributed by atoms with Crippen LogP contribution in [-0.2, 0) is 9.53 Å². The third-order valence-corrected chi connectivity index (χ3v) is 6.69. The van der Waals surface area contributed by atoms with Crippen LogP contribution >= 0.6 is 0 Å². The van der Waals surface area contributed by atoms with Crippen molar-refractivity contribution in [2.24, 2.45) is 5.92 Å². The first-order chi connectivity index (χ1) is 6.77. The molecule has 3 nitrogen and oxygen atoms in total. The first kappa shape index (κ1) is 10.5. The van der Waals surface area contributed by atoms with Gasteiger partial charge in [-0.25, -0.2) is 0 Å². The molecule has 2 aliphatic rings. The minimum atomic E-state index is -1.10. The van der Waals surface area contributed by atoms with E-state index in [1.165, 1.54) is 25.5 Å². The van der Waals surface area contributed by atoms with Crippen molar-refractivity contribution in [1.29, 1.82) is 0 Å². The SMILES string of the molecule is [CH2]=[Tl][N]1CC=C(C2CC2)[C@H]1C(=O)OC. The number of carbonyl (C=O) groups is 1. The molecule has 0 aromatic rings. The van der Waals surface area contributed by atoms with Gasteiger partial charge in [-0.2, -0.15) is 0 Å². The minimum absolute atomic E-state index is 0.0556. The van der Waals surface area contributed by atoms with Gasteiger partial charge in [0.25, 0.3) is 0 Å². The number of methoxy groups -OCH3 is 1. The van der Waals surface area contributed by atoms with Crippen LogP contribution in [0.5, 0.6) is 0 Å². The summed E-state index contributed by atoms with van der Waals surface area (Å²) in [5.74, 6) is 0.585. The monoisotopic (exact) mass is 385 g/mol. The molecule has 0 spiro atoms. The van der Waals surface area contributed by atoms with Crippen LogP contribution in [0.2, 0.25) is 0 Å². The van der Waals surface area contributed by atoms with Crippen LogP contribution in [0.15, 0.2) is 11.6 Å². The molecule has 14 heavy (non-hydrogen) atoms. The molecule has 4 heteroatoms. The number of carbonyl (C=O) groups excluding carboxylic acids is 1. The van der Waals surface area contributed by atoms with Gasteiger partial charge in [0, 0.05) is 0 Å². The first-order valence-electron chi connectivity index (χ1n) is 4.94. The Kier molecular flexibility index (Phi) is 3.16. The number of nitrogens with zero attached hydrogens (tertiary/aromatic N) is 1. The summed E-state index contributed by atoms with van der Waals surface area (Å²) in [5, 5.41) is 0. The van der Waals surface area contributed by atoms with Crippen LogP contribution < -0.4 is 0 Å². The molecule has 1 fully saturated rings. The van der Waals surface area contributed by atoms with E-state index >= 15 is 0 Å². The Balaban J connectivity index is 2.16. The Bertz CT molecular complexity index is 296. The normalized spacial score (nSPS) is 26.9. The molecule has 1 heterocycles. The molecule has 74 valence electrons. The van der Waals surface area contributed by atoms with Gasteiger partial charge in [-0.15, -0.1) is 0 Å². The van der Waals surface area contributed by atoms with Gasteiger partial charge in [0.15, 0.2) is 0 Å². The quantitative estimate of drug-likeness (QED) is 0.396. The zero-order valence-corrected chi connectivity index (χ0v) is 12.9. The van der Waals surface area contributed by atoms with Crippen molar-refractivity contribution < 1.29 is 9.53 Å². The fourth-order valence-electron chi connectivity index (χ4n) is 1.99. The van der Waals surface area contributed by atoms with Crippen molar-refractivity contribution >= 4 is 34.1 Å². The van der Waals surface area contributed by atoms with Crippen LogP contribution in [-0.4, -0.2) is 56.5 Å². The average Bonchev–Trinajstić information content (AvgIpc) is 2.96. The fraction of sp³-hybridized carbons (Fsp3) is 0.600. The van der Waals surface area contributed by atoms with E-state index in [0.29, 0.717) is 5.92 Å². The van der Waals surface area contributed by atoms with Crippen LogP contribution in [0.3, 0.4) is 0 Å². The van der Waals surface area contributed by atoms with E-state index in [1.807, 2.05) is 0 Å². The van der Waals surface area contributed by atoms with Gasteiger partial charge in [0.2, 0.25) is 0 Å². The van der Waals surface area contributed by atoms with Crippen LogP contribution in [0.4, 0.5) is 0 Å². The molecule has 1 aliphatic carbocycles. The zero-order valence-electron chi connectivity index (χ0n) is 8.40. The Morgan fingerprint density at radius 3 is 2.93 bits per heavy atom.